The summed E-state index contributed by atoms with van der Waals surface area (Å²) in [6, 6.07) is 19.4. The maximum atomic E-state index is 13.0. The van der Waals surface area contributed by atoms with Crippen LogP contribution >= 0.6 is 0 Å². The van der Waals surface area contributed by atoms with E-state index < -0.39 is 59.9 Å². The number of carbonyl (C=O) groups excluding carboxylic acids is 6. The molecule has 0 spiro atoms. The van der Waals surface area contributed by atoms with E-state index in [2.05, 4.69) is 0 Å². The largest absolute Gasteiger partial charge is 0.484 e. The number of ether oxygens (including phenoxy) is 7. The minimum atomic E-state index is -1.15. The molecule has 4 aromatic rings. The van der Waals surface area contributed by atoms with Crippen molar-refractivity contribution < 1.29 is 61.9 Å². The summed E-state index contributed by atoms with van der Waals surface area (Å²) in [6.07, 6.45) is -1.97. The molecule has 0 unspecified atom stereocenters. The highest BCUT2D eigenvalue weighted by atomic mass is 16.6. The van der Waals surface area contributed by atoms with E-state index in [0.29, 0.717) is 44.9 Å². The van der Waals surface area contributed by atoms with Crippen LogP contribution in [0.1, 0.15) is 99.0 Å². The first-order chi connectivity index (χ1) is 25.2. The summed E-state index contributed by atoms with van der Waals surface area (Å²) in [4.78, 5) is 73.7. The van der Waals surface area contributed by atoms with E-state index >= 15 is 0 Å². The molecule has 13 heteroatoms. The molecule has 0 saturated heterocycles. The molecule has 0 bridgehead atoms. The first-order valence-electron chi connectivity index (χ1n) is 16.5. The van der Waals surface area contributed by atoms with Gasteiger partial charge in [-0.3, -0.25) is 28.8 Å². The monoisotopic (exact) mass is 722 g/mol. The van der Waals surface area contributed by atoms with E-state index in [0.717, 1.165) is 0 Å². The molecular weight excluding hydrogens is 688 g/mol. The van der Waals surface area contributed by atoms with Crippen LogP contribution in [-0.2, 0) is 33.5 Å². The zero-order chi connectivity index (χ0) is 38.1. The minimum absolute atomic E-state index is 0.0166. The maximum Gasteiger partial charge on any atom is 0.308 e. The standard InChI is InChI=1S/C40H34O13/c1-19(41)47-27-11-7-25(8-12-27)35-36-31(15-29(49-21(3)43)17-33(36)51-23(5)45)38-37-32(40(35)52-24(6)46)16-30(50-22(4)44)18-34(37)53-39(38)26-9-13-28(14-10-26)48-20(2)42/h7-18,35,38-40H,1-6H3/t35-,38-,39+,40-/m0/s1. The van der Waals surface area contributed by atoms with E-state index in [1.165, 1.54) is 47.6 Å². The van der Waals surface area contributed by atoms with Crippen LogP contribution in [0.15, 0.2) is 72.8 Å². The Morgan fingerprint density at radius 1 is 0.472 bits per heavy atom. The second kappa shape index (κ2) is 14.6. The van der Waals surface area contributed by atoms with Gasteiger partial charge in [-0.25, -0.2) is 0 Å². The first kappa shape index (κ1) is 36.3. The lowest BCUT2D eigenvalue weighted by Crippen LogP contribution is -2.21. The Kier molecular flexibility index (Phi) is 10.0. The number of carbonyl (C=O) groups is 6. The van der Waals surface area contributed by atoms with Crippen molar-refractivity contribution in [2.45, 2.75) is 65.6 Å². The normalized spacial score (nSPS) is 17.8. The van der Waals surface area contributed by atoms with E-state index in [9.17, 15) is 28.8 Å². The fraction of sp³-hybridized carbons (Fsp3) is 0.250. The Bertz CT molecular complexity index is 2150. The van der Waals surface area contributed by atoms with Crippen molar-refractivity contribution in [2.24, 2.45) is 0 Å². The Hall–Kier alpha value is -6.50. The van der Waals surface area contributed by atoms with Crippen molar-refractivity contribution in [2.75, 3.05) is 0 Å². The van der Waals surface area contributed by atoms with Crippen LogP contribution in [0.2, 0.25) is 0 Å². The molecule has 272 valence electrons. The highest BCUT2D eigenvalue weighted by molar-refractivity contribution is 5.76. The molecule has 53 heavy (non-hydrogen) atoms. The third-order valence-electron chi connectivity index (χ3n) is 8.46. The molecule has 1 heterocycles. The summed E-state index contributed by atoms with van der Waals surface area (Å²) >= 11 is 0. The molecule has 0 N–H and O–H groups in total. The van der Waals surface area contributed by atoms with Gasteiger partial charge in [-0.1, -0.05) is 24.3 Å². The van der Waals surface area contributed by atoms with Crippen LogP contribution in [0.25, 0.3) is 0 Å². The molecule has 0 saturated carbocycles. The van der Waals surface area contributed by atoms with Crippen LogP contribution in [0.3, 0.4) is 0 Å². The lowest BCUT2D eigenvalue weighted by Gasteiger charge is -2.30. The van der Waals surface area contributed by atoms with Crippen molar-refractivity contribution in [1.82, 2.24) is 0 Å². The van der Waals surface area contributed by atoms with Gasteiger partial charge in [0.2, 0.25) is 0 Å². The molecule has 4 atom stereocenters. The third kappa shape index (κ3) is 7.74. The molecule has 0 radical (unpaired) electrons. The molecule has 0 aromatic heterocycles. The van der Waals surface area contributed by atoms with E-state index in [1.807, 2.05) is 0 Å². The number of fused-ring (bicyclic) bond motifs is 2. The Labute approximate surface area is 303 Å². The average Bonchev–Trinajstić information content (AvgIpc) is 3.38. The molecule has 0 fully saturated rings. The lowest BCUT2D eigenvalue weighted by atomic mass is 9.80. The van der Waals surface area contributed by atoms with Gasteiger partial charge >= 0.3 is 35.8 Å². The number of benzene rings is 4. The zero-order valence-corrected chi connectivity index (χ0v) is 29.5. The number of esters is 6. The summed E-state index contributed by atoms with van der Waals surface area (Å²) in [5, 5.41) is 0. The smallest absolute Gasteiger partial charge is 0.308 e. The summed E-state index contributed by atoms with van der Waals surface area (Å²) in [6.45, 7) is 7.51. The first-order valence-corrected chi connectivity index (χ1v) is 16.5. The van der Waals surface area contributed by atoms with Gasteiger partial charge in [-0.2, -0.15) is 0 Å². The summed E-state index contributed by atoms with van der Waals surface area (Å²) < 4.78 is 40.3. The highest BCUT2D eigenvalue weighted by Gasteiger charge is 2.49. The second-order valence-electron chi connectivity index (χ2n) is 12.5. The van der Waals surface area contributed by atoms with Gasteiger partial charge in [-0.15, -0.1) is 0 Å². The summed E-state index contributed by atoms with van der Waals surface area (Å²) in [7, 11) is 0. The van der Waals surface area contributed by atoms with E-state index in [1.54, 1.807) is 66.7 Å². The molecule has 1 aliphatic heterocycles. The van der Waals surface area contributed by atoms with Gasteiger partial charge in [0, 0.05) is 70.4 Å². The zero-order valence-electron chi connectivity index (χ0n) is 29.5. The Morgan fingerprint density at radius 2 is 0.943 bits per heavy atom. The van der Waals surface area contributed by atoms with Crippen molar-refractivity contribution in [1.29, 1.82) is 0 Å². The van der Waals surface area contributed by atoms with Crippen molar-refractivity contribution in [3.05, 3.63) is 106 Å². The number of hydrogen-bond acceptors (Lipinski definition) is 13. The molecule has 13 nitrogen and oxygen atoms in total. The third-order valence-corrected chi connectivity index (χ3v) is 8.46. The number of rotatable bonds is 8. The van der Waals surface area contributed by atoms with Crippen molar-refractivity contribution in [3.63, 3.8) is 0 Å². The van der Waals surface area contributed by atoms with Gasteiger partial charge in [0.1, 0.15) is 46.7 Å². The highest BCUT2D eigenvalue weighted by Crippen LogP contribution is 2.61. The Balaban J connectivity index is 1.71. The topological polar surface area (TPSA) is 167 Å². The maximum absolute atomic E-state index is 13.0. The van der Waals surface area contributed by atoms with Gasteiger partial charge in [0.05, 0.1) is 11.8 Å². The van der Waals surface area contributed by atoms with E-state index in [4.69, 9.17) is 33.2 Å². The predicted octanol–water partition coefficient (Wildman–Crippen LogP) is 6.33. The quantitative estimate of drug-likeness (QED) is 0.146. The SMILES string of the molecule is CC(=O)Oc1ccc([C@H]2c3c(OC(C)=O)cc(OC(C)=O)cc3[C@H]3c4c(cc(OC(C)=O)cc4[C@@H]2OC(C)=O)O[C@@H]3c2ccc(OC(C)=O)cc2)cc1. The van der Waals surface area contributed by atoms with E-state index in [-0.39, 0.29) is 23.0 Å². The minimum Gasteiger partial charge on any atom is -0.484 e. The van der Waals surface area contributed by atoms with Crippen LogP contribution in [0.5, 0.6) is 34.5 Å². The van der Waals surface area contributed by atoms with Crippen LogP contribution in [0, 0.1) is 0 Å². The molecular formula is C40H34O13. The number of hydrogen-bond donors (Lipinski definition) is 0. The van der Waals surface area contributed by atoms with Crippen molar-refractivity contribution >= 4 is 35.8 Å². The summed E-state index contributed by atoms with van der Waals surface area (Å²) in [5.74, 6) is -4.19. The van der Waals surface area contributed by atoms with Crippen LogP contribution in [-0.4, -0.2) is 35.8 Å². The lowest BCUT2D eigenvalue weighted by molar-refractivity contribution is -0.147. The molecule has 0 amide bonds. The van der Waals surface area contributed by atoms with Crippen LogP contribution in [0.4, 0.5) is 0 Å². The summed E-state index contributed by atoms with van der Waals surface area (Å²) in [5.41, 5.74) is 3.07. The molecule has 1 aliphatic carbocycles. The average molecular weight is 723 g/mol. The van der Waals surface area contributed by atoms with Crippen LogP contribution < -0.4 is 28.4 Å². The van der Waals surface area contributed by atoms with Crippen molar-refractivity contribution in [3.8, 4) is 34.5 Å². The van der Waals surface area contributed by atoms with Gasteiger partial charge < -0.3 is 33.2 Å². The predicted molar refractivity (Wildman–Crippen MR) is 184 cm³/mol. The molecule has 6 rings (SSSR count). The molecule has 2 aliphatic rings. The second-order valence-corrected chi connectivity index (χ2v) is 12.5. The molecule has 4 aromatic carbocycles. The van der Waals surface area contributed by atoms with Gasteiger partial charge in [0.25, 0.3) is 0 Å². The fourth-order valence-corrected chi connectivity index (χ4v) is 6.91. The van der Waals surface area contributed by atoms with Gasteiger partial charge in [-0.05, 0) is 53.1 Å². The van der Waals surface area contributed by atoms with Gasteiger partial charge in [0.15, 0.2) is 0 Å². The fourth-order valence-electron chi connectivity index (χ4n) is 6.91. The Morgan fingerprint density at radius 3 is 1.45 bits per heavy atom.